The molecule has 43 heavy (non-hydrogen) atoms. The third-order valence-electron chi connectivity index (χ3n) is 7.89. The average molecular weight is 587 g/mol. The van der Waals surface area contributed by atoms with Crippen molar-refractivity contribution < 1.29 is 9.53 Å². The van der Waals surface area contributed by atoms with E-state index in [0.29, 0.717) is 32.7 Å². The van der Waals surface area contributed by atoms with E-state index in [1.54, 1.807) is 18.4 Å². The van der Waals surface area contributed by atoms with Crippen LogP contribution >= 0.6 is 11.3 Å². The van der Waals surface area contributed by atoms with Crippen LogP contribution in [0.4, 0.5) is 0 Å². The Hall–Kier alpha value is -5.00. The summed E-state index contributed by atoms with van der Waals surface area (Å²) in [6.45, 7) is 8.48. The molecule has 8 heteroatoms. The number of thiazole rings is 1. The maximum atomic E-state index is 14.2. The zero-order valence-corrected chi connectivity index (χ0v) is 25.2. The number of carbonyl (C=O) groups excluding carboxylic acids is 1. The number of ether oxygens (including phenoxy) is 1. The van der Waals surface area contributed by atoms with E-state index in [-0.39, 0.29) is 12.2 Å². The molecule has 0 aliphatic carbocycles. The molecule has 0 spiro atoms. The van der Waals surface area contributed by atoms with Gasteiger partial charge in [0.05, 0.1) is 40.1 Å². The molecule has 1 aliphatic heterocycles. The molecule has 0 amide bonds. The predicted molar refractivity (Wildman–Crippen MR) is 169 cm³/mol. The monoisotopic (exact) mass is 586 g/mol. The van der Waals surface area contributed by atoms with E-state index in [9.17, 15) is 14.9 Å². The van der Waals surface area contributed by atoms with E-state index in [2.05, 4.69) is 29.7 Å². The Balaban J connectivity index is 1.53. The van der Waals surface area contributed by atoms with E-state index in [4.69, 9.17) is 9.73 Å². The third-order valence-corrected chi connectivity index (χ3v) is 8.87. The Morgan fingerprint density at radius 2 is 1.77 bits per heavy atom. The summed E-state index contributed by atoms with van der Waals surface area (Å²) >= 11 is 1.33. The van der Waals surface area contributed by atoms with Crippen LogP contribution in [0.2, 0.25) is 0 Å². The minimum Gasteiger partial charge on any atom is -0.463 e. The van der Waals surface area contributed by atoms with Crippen LogP contribution in [0.1, 0.15) is 53.4 Å². The molecular weight excluding hydrogens is 556 g/mol. The lowest BCUT2D eigenvalue weighted by molar-refractivity contribution is -0.139. The summed E-state index contributed by atoms with van der Waals surface area (Å²) in [6, 6.07) is 25.2. The van der Waals surface area contributed by atoms with Crippen molar-refractivity contribution in [2.24, 2.45) is 4.99 Å². The van der Waals surface area contributed by atoms with Crippen molar-refractivity contribution in [2.45, 2.75) is 40.3 Å². The molecule has 2 aromatic heterocycles. The van der Waals surface area contributed by atoms with Gasteiger partial charge >= 0.3 is 5.97 Å². The third kappa shape index (κ3) is 5.02. The Morgan fingerprint density at radius 1 is 1.05 bits per heavy atom. The summed E-state index contributed by atoms with van der Waals surface area (Å²) in [6.07, 6.45) is 1.95. The number of para-hydroxylation sites is 1. The molecule has 0 unspecified atom stereocenters. The Labute approximate surface area is 252 Å². The number of nitrogens with zero attached hydrogens (tertiary/aromatic N) is 4. The Kier molecular flexibility index (Phi) is 7.43. The molecule has 0 bridgehead atoms. The quantitative estimate of drug-likeness (QED) is 0.253. The minimum atomic E-state index is -0.642. The molecule has 1 atom stereocenters. The van der Waals surface area contributed by atoms with Gasteiger partial charge in [0.2, 0.25) is 0 Å². The highest BCUT2D eigenvalue weighted by atomic mass is 32.1. The van der Waals surface area contributed by atoms with Gasteiger partial charge in [-0.15, -0.1) is 0 Å². The van der Waals surface area contributed by atoms with Gasteiger partial charge in [-0.25, -0.2) is 9.79 Å². The fraction of sp³-hybridized carbons (Fsp3) is 0.200. The summed E-state index contributed by atoms with van der Waals surface area (Å²) in [4.78, 5) is 32.6. The lowest BCUT2D eigenvalue weighted by Crippen LogP contribution is -2.39. The molecule has 3 heterocycles. The summed E-state index contributed by atoms with van der Waals surface area (Å²) in [5.41, 5.74) is 7.37. The van der Waals surface area contributed by atoms with E-state index >= 15 is 0 Å². The number of hydrogen-bond donors (Lipinski definition) is 0. The SMILES string of the molecule is CCOC(=O)C1=C(C)N=c2s/c(=C\c3c(C)n(Cc4ccc(C#N)cc4)c4ccccc34)c(=O)n2[C@H]1c1ccc(C)cc1. The highest BCUT2D eigenvalue weighted by Gasteiger charge is 2.33. The van der Waals surface area contributed by atoms with E-state index in [1.165, 1.54) is 11.3 Å². The molecule has 0 saturated heterocycles. The number of fused-ring (bicyclic) bond motifs is 2. The molecule has 6 rings (SSSR count). The molecule has 3 aromatic carbocycles. The highest BCUT2D eigenvalue weighted by molar-refractivity contribution is 7.07. The molecule has 7 nitrogen and oxygen atoms in total. The fourth-order valence-electron chi connectivity index (χ4n) is 5.70. The summed E-state index contributed by atoms with van der Waals surface area (Å²) in [5.74, 6) is -0.467. The van der Waals surface area contributed by atoms with Gasteiger partial charge in [-0.05, 0) is 63.1 Å². The molecule has 0 fully saturated rings. The lowest BCUT2D eigenvalue weighted by atomic mass is 9.95. The number of hydrogen-bond acceptors (Lipinski definition) is 6. The number of nitriles is 1. The lowest BCUT2D eigenvalue weighted by Gasteiger charge is -2.24. The van der Waals surface area contributed by atoms with Crippen LogP contribution in [0, 0.1) is 25.2 Å². The Bertz CT molecular complexity index is 2140. The zero-order chi connectivity index (χ0) is 30.2. The molecule has 1 aliphatic rings. The number of allylic oxidation sites excluding steroid dienone is 1. The largest absolute Gasteiger partial charge is 0.463 e. The molecule has 5 aromatic rings. The van der Waals surface area contributed by atoms with E-state index in [1.807, 2.05) is 73.7 Å². The van der Waals surface area contributed by atoms with Gasteiger partial charge in [0.25, 0.3) is 5.56 Å². The smallest absolute Gasteiger partial charge is 0.338 e. The first kappa shape index (κ1) is 28.1. The zero-order valence-electron chi connectivity index (χ0n) is 24.4. The minimum absolute atomic E-state index is 0.202. The van der Waals surface area contributed by atoms with Crippen molar-refractivity contribution in [1.82, 2.24) is 9.13 Å². The second-order valence-electron chi connectivity index (χ2n) is 10.6. The molecule has 0 radical (unpaired) electrons. The van der Waals surface area contributed by atoms with Crippen molar-refractivity contribution >= 4 is 34.3 Å². The Morgan fingerprint density at radius 3 is 2.47 bits per heavy atom. The van der Waals surface area contributed by atoms with Crippen molar-refractivity contribution in [1.29, 1.82) is 5.26 Å². The maximum Gasteiger partial charge on any atom is 0.338 e. The summed E-state index contributed by atoms with van der Waals surface area (Å²) in [7, 11) is 0. The molecular formula is C35H30N4O3S. The van der Waals surface area contributed by atoms with Crippen LogP contribution < -0.4 is 14.9 Å². The van der Waals surface area contributed by atoms with Gasteiger partial charge in [-0.3, -0.25) is 9.36 Å². The van der Waals surface area contributed by atoms with Crippen molar-refractivity contribution in [3.05, 3.63) is 137 Å². The fourth-order valence-corrected chi connectivity index (χ4v) is 6.73. The standard InChI is InChI=1S/C35H30N4O3S/c1-5-42-34(41)31-22(3)37-35-39(32(31)26-16-10-21(2)11-17-26)33(40)30(43-35)18-28-23(4)38(29-9-7-6-8-27(28)29)20-25-14-12-24(19-36)13-15-25/h6-18,32H,5,20H2,1-4H3/b30-18-/t32-/m0/s1. The van der Waals surface area contributed by atoms with Crippen LogP contribution in [0.3, 0.4) is 0 Å². The van der Waals surface area contributed by atoms with E-state index in [0.717, 1.165) is 38.9 Å². The summed E-state index contributed by atoms with van der Waals surface area (Å²) in [5, 5.41) is 10.2. The van der Waals surface area contributed by atoms with Crippen molar-refractivity contribution in [2.75, 3.05) is 6.61 Å². The van der Waals surface area contributed by atoms with Crippen LogP contribution in [-0.2, 0) is 16.1 Å². The van der Waals surface area contributed by atoms with Crippen LogP contribution in [0.5, 0.6) is 0 Å². The van der Waals surface area contributed by atoms with Crippen LogP contribution in [0.15, 0.2) is 93.9 Å². The number of benzene rings is 3. The second kappa shape index (κ2) is 11.3. The van der Waals surface area contributed by atoms with Crippen molar-refractivity contribution in [3.63, 3.8) is 0 Å². The normalized spacial score (nSPS) is 14.9. The van der Waals surface area contributed by atoms with Gasteiger partial charge in [0.15, 0.2) is 4.80 Å². The molecule has 0 saturated carbocycles. The number of rotatable bonds is 6. The average Bonchev–Trinajstić information content (AvgIpc) is 3.45. The van der Waals surface area contributed by atoms with Gasteiger partial charge in [-0.1, -0.05) is 71.5 Å². The van der Waals surface area contributed by atoms with Gasteiger partial charge in [0.1, 0.15) is 0 Å². The van der Waals surface area contributed by atoms with Crippen molar-refractivity contribution in [3.8, 4) is 6.07 Å². The van der Waals surface area contributed by atoms with Crippen LogP contribution in [0.25, 0.3) is 17.0 Å². The maximum absolute atomic E-state index is 14.2. The second-order valence-corrected chi connectivity index (χ2v) is 11.6. The van der Waals surface area contributed by atoms with Gasteiger partial charge in [-0.2, -0.15) is 5.26 Å². The topological polar surface area (TPSA) is 89.4 Å². The first-order valence-electron chi connectivity index (χ1n) is 14.1. The van der Waals surface area contributed by atoms with Crippen LogP contribution in [-0.4, -0.2) is 21.7 Å². The number of aromatic nitrogens is 2. The first-order valence-corrected chi connectivity index (χ1v) is 15.0. The predicted octanol–water partition coefficient (Wildman–Crippen LogP) is 5.29. The van der Waals surface area contributed by atoms with Gasteiger partial charge in [0, 0.05) is 28.7 Å². The molecule has 214 valence electrons. The van der Waals surface area contributed by atoms with Gasteiger partial charge < -0.3 is 9.30 Å². The number of carbonyl (C=O) groups is 1. The highest BCUT2D eigenvalue weighted by Crippen LogP contribution is 2.31. The molecule has 0 N–H and O–H groups in total. The summed E-state index contributed by atoms with van der Waals surface area (Å²) < 4.78 is 9.82. The van der Waals surface area contributed by atoms with E-state index < -0.39 is 12.0 Å². The number of aryl methyl sites for hydroxylation is 1. The number of esters is 1. The first-order chi connectivity index (χ1) is 20.8.